The molecule has 0 bridgehead atoms. The highest BCUT2D eigenvalue weighted by Crippen LogP contribution is 2.25. The van der Waals surface area contributed by atoms with Gasteiger partial charge in [0.15, 0.2) is 5.60 Å². The number of ether oxygens (including phenoxy) is 1. The third-order valence-corrected chi connectivity index (χ3v) is 2.89. The average molecular weight is 187 g/mol. The number of carboxylic acid groups (broad SMARTS) is 1. The van der Waals surface area contributed by atoms with Gasteiger partial charge in [-0.2, -0.15) is 0 Å². The van der Waals surface area contributed by atoms with E-state index in [1.807, 2.05) is 0 Å². The summed E-state index contributed by atoms with van der Waals surface area (Å²) >= 11 is 0. The number of methoxy groups -OCH3 is 1. The van der Waals surface area contributed by atoms with Gasteiger partial charge in [-0.15, -0.1) is 0 Å². The minimum Gasteiger partial charge on any atom is -0.479 e. The van der Waals surface area contributed by atoms with Crippen LogP contribution >= 0.6 is 0 Å². The summed E-state index contributed by atoms with van der Waals surface area (Å²) in [5.74, 6) is -0.828. The van der Waals surface area contributed by atoms with E-state index in [4.69, 9.17) is 9.84 Å². The maximum atomic E-state index is 11.0. The lowest BCUT2D eigenvalue weighted by Crippen LogP contribution is -2.50. The summed E-state index contributed by atoms with van der Waals surface area (Å²) in [6.45, 7) is 4.70. The molecule has 0 spiro atoms. The van der Waals surface area contributed by atoms with Crippen molar-refractivity contribution >= 4 is 5.97 Å². The van der Waals surface area contributed by atoms with Crippen molar-refractivity contribution in [3.63, 3.8) is 0 Å². The maximum Gasteiger partial charge on any atom is 0.336 e. The van der Waals surface area contributed by atoms with Crippen molar-refractivity contribution in [1.29, 1.82) is 0 Å². The van der Waals surface area contributed by atoms with Crippen molar-refractivity contribution in [3.8, 4) is 0 Å². The van der Waals surface area contributed by atoms with Gasteiger partial charge in [-0.3, -0.25) is 0 Å². The van der Waals surface area contributed by atoms with Crippen molar-refractivity contribution in [3.05, 3.63) is 0 Å². The molecule has 0 aromatic rings. The van der Waals surface area contributed by atoms with E-state index in [0.29, 0.717) is 12.8 Å². The molecule has 4 nitrogen and oxygen atoms in total. The second-order valence-corrected chi connectivity index (χ2v) is 3.44. The van der Waals surface area contributed by atoms with Crippen LogP contribution in [0.4, 0.5) is 0 Å². The molecule has 0 saturated carbocycles. The Labute approximate surface area is 78.5 Å². The van der Waals surface area contributed by atoms with Crippen LogP contribution in [0.3, 0.4) is 0 Å². The number of carbonyl (C=O) groups is 1. The summed E-state index contributed by atoms with van der Waals surface area (Å²) in [4.78, 5) is 13.2. The first-order valence-corrected chi connectivity index (χ1v) is 4.65. The van der Waals surface area contributed by atoms with Gasteiger partial charge in [0, 0.05) is 20.2 Å². The summed E-state index contributed by atoms with van der Waals surface area (Å²) in [7, 11) is 1.48. The van der Waals surface area contributed by atoms with E-state index in [1.165, 1.54) is 7.11 Å². The Morgan fingerprint density at radius 2 is 2.08 bits per heavy atom. The first-order valence-electron chi connectivity index (χ1n) is 4.65. The van der Waals surface area contributed by atoms with Gasteiger partial charge < -0.3 is 14.7 Å². The van der Waals surface area contributed by atoms with Crippen molar-refractivity contribution < 1.29 is 14.6 Å². The van der Waals surface area contributed by atoms with Crippen LogP contribution in [0.1, 0.15) is 19.8 Å². The Morgan fingerprint density at radius 3 is 2.38 bits per heavy atom. The molecule has 4 heteroatoms. The Morgan fingerprint density at radius 1 is 1.54 bits per heavy atom. The van der Waals surface area contributed by atoms with Gasteiger partial charge in [-0.25, -0.2) is 4.79 Å². The smallest absolute Gasteiger partial charge is 0.336 e. The van der Waals surface area contributed by atoms with Crippen LogP contribution in [0.15, 0.2) is 0 Å². The molecule has 0 aromatic carbocycles. The largest absolute Gasteiger partial charge is 0.479 e. The molecule has 13 heavy (non-hydrogen) atoms. The molecule has 1 fully saturated rings. The fourth-order valence-electron chi connectivity index (χ4n) is 1.74. The van der Waals surface area contributed by atoms with E-state index in [2.05, 4.69) is 11.8 Å². The topological polar surface area (TPSA) is 49.8 Å². The first kappa shape index (κ1) is 10.5. The third kappa shape index (κ3) is 2.00. The molecule has 0 radical (unpaired) electrons. The Bertz CT molecular complexity index is 185. The normalized spacial score (nSPS) is 22.9. The molecule has 0 aliphatic carbocycles. The lowest BCUT2D eigenvalue weighted by atomic mass is 9.91. The number of hydrogen-bond acceptors (Lipinski definition) is 3. The molecule has 76 valence electrons. The minimum absolute atomic E-state index is 0.590. The molecule has 1 N–H and O–H groups in total. The standard InChI is InChI=1S/C9H17NO3/c1-3-10-6-4-9(13-2,5-7-10)8(11)12/h3-7H2,1-2H3,(H,11,12). The highest BCUT2D eigenvalue weighted by Gasteiger charge is 2.41. The van der Waals surface area contributed by atoms with Gasteiger partial charge in [0.1, 0.15) is 0 Å². The second kappa shape index (κ2) is 4.07. The van der Waals surface area contributed by atoms with Gasteiger partial charge in [0.05, 0.1) is 0 Å². The Hall–Kier alpha value is -0.610. The summed E-state index contributed by atoms with van der Waals surface area (Å²) < 4.78 is 5.11. The lowest BCUT2D eigenvalue weighted by Gasteiger charge is -2.37. The zero-order valence-electron chi connectivity index (χ0n) is 8.25. The van der Waals surface area contributed by atoms with Crippen molar-refractivity contribution in [1.82, 2.24) is 4.90 Å². The van der Waals surface area contributed by atoms with E-state index in [9.17, 15) is 4.79 Å². The number of nitrogens with zero attached hydrogens (tertiary/aromatic N) is 1. The summed E-state index contributed by atoms with van der Waals surface area (Å²) in [6, 6.07) is 0. The van der Waals surface area contributed by atoms with Crippen LogP contribution in [0.25, 0.3) is 0 Å². The maximum absolute atomic E-state index is 11.0. The predicted octanol–water partition coefficient (Wildman–Crippen LogP) is 0.572. The van der Waals surface area contributed by atoms with E-state index in [0.717, 1.165) is 19.6 Å². The number of hydrogen-bond donors (Lipinski definition) is 1. The van der Waals surface area contributed by atoms with E-state index < -0.39 is 11.6 Å². The number of rotatable bonds is 3. The fraction of sp³-hybridized carbons (Fsp3) is 0.889. The van der Waals surface area contributed by atoms with Crippen LogP contribution in [-0.4, -0.2) is 48.3 Å². The van der Waals surface area contributed by atoms with E-state index in [-0.39, 0.29) is 0 Å². The lowest BCUT2D eigenvalue weighted by molar-refractivity contribution is -0.168. The quantitative estimate of drug-likeness (QED) is 0.702. The van der Waals surface area contributed by atoms with Crippen molar-refractivity contribution in [2.75, 3.05) is 26.7 Å². The Balaban J connectivity index is 2.58. The molecule has 0 aromatic heterocycles. The molecule has 1 saturated heterocycles. The molecular weight excluding hydrogens is 170 g/mol. The van der Waals surface area contributed by atoms with Gasteiger partial charge in [0.2, 0.25) is 0 Å². The minimum atomic E-state index is -0.925. The zero-order valence-corrected chi connectivity index (χ0v) is 8.25. The third-order valence-electron chi connectivity index (χ3n) is 2.89. The number of likely N-dealkylation sites (tertiary alicyclic amines) is 1. The predicted molar refractivity (Wildman–Crippen MR) is 48.7 cm³/mol. The molecular formula is C9H17NO3. The summed E-state index contributed by atoms with van der Waals surface area (Å²) in [5.41, 5.74) is -0.925. The van der Waals surface area contributed by atoms with Crippen LogP contribution in [0.5, 0.6) is 0 Å². The van der Waals surface area contributed by atoms with Gasteiger partial charge in [0.25, 0.3) is 0 Å². The molecule has 0 atom stereocenters. The van der Waals surface area contributed by atoms with Crippen LogP contribution in [-0.2, 0) is 9.53 Å². The molecule has 0 unspecified atom stereocenters. The molecule has 1 aliphatic heterocycles. The first-order chi connectivity index (χ1) is 6.14. The number of carboxylic acids is 1. The van der Waals surface area contributed by atoms with Crippen molar-refractivity contribution in [2.45, 2.75) is 25.4 Å². The van der Waals surface area contributed by atoms with Gasteiger partial charge >= 0.3 is 5.97 Å². The van der Waals surface area contributed by atoms with Gasteiger partial charge in [-0.05, 0) is 19.4 Å². The highest BCUT2D eigenvalue weighted by molar-refractivity contribution is 5.77. The molecule has 1 aliphatic rings. The van der Waals surface area contributed by atoms with Crippen LogP contribution in [0, 0.1) is 0 Å². The van der Waals surface area contributed by atoms with Crippen molar-refractivity contribution in [2.24, 2.45) is 0 Å². The second-order valence-electron chi connectivity index (χ2n) is 3.44. The summed E-state index contributed by atoms with van der Waals surface area (Å²) in [5, 5.41) is 9.00. The van der Waals surface area contributed by atoms with Crippen LogP contribution < -0.4 is 0 Å². The Kier molecular flexibility index (Phi) is 3.27. The molecule has 0 amide bonds. The van der Waals surface area contributed by atoms with Crippen LogP contribution in [0.2, 0.25) is 0 Å². The highest BCUT2D eigenvalue weighted by atomic mass is 16.5. The fourth-order valence-corrected chi connectivity index (χ4v) is 1.74. The molecule has 1 heterocycles. The average Bonchev–Trinajstić information content (AvgIpc) is 2.17. The van der Waals surface area contributed by atoms with E-state index >= 15 is 0 Å². The SMILES string of the molecule is CCN1CCC(OC)(C(=O)O)CC1. The summed E-state index contributed by atoms with van der Waals surface area (Å²) in [6.07, 6.45) is 1.18. The van der Waals surface area contributed by atoms with Gasteiger partial charge in [-0.1, -0.05) is 6.92 Å². The monoisotopic (exact) mass is 187 g/mol. The zero-order chi connectivity index (χ0) is 9.90. The van der Waals surface area contributed by atoms with E-state index in [1.54, 1.807) is 0 Å². The molecule has 1 rings (SSSR count). The number of piperidine rings is 1. The number of aliphatic carboxylic acids is 1.